The number of carbonyl (C=O) groups is 1. The third-order valence-corrected chi connectivity index (χ3v) is 4.12. The summed E-state index contributed by atoms with van der Waals surface area (Å²) in [6, 6.07) is 5.38. The highest BCUT2D eigenvalue weighted by Crippen LogP contribution is 2.27. The van der Waals surface area contributed by atoms with Gasteiger partial charge in [0.25, 0.3) is 5.91 Å². The zero-order chi connectivity index (χ0) is 16.6. The van der Waals surface area contributed by atoms with Crippen LogP contribution in [-0.2, 0) is 12.0 Å². The van der Waals surface area contributed by atoms with Crippen molar-refractivity contribution in [3.05, 3.63) is 40.2 Å². The monoisotopic (exact) mass is 366 g/mol. The van der Waals surface area contributed by atoms with Crippen LogP contribution in [0.25, 0.3) is 11.1 Å². The molecule has 0 unspecified atom stereocenters. The topological polar surface area (TPSA) is 94.0 Å². The molecule has 0 saturated heterocycles. The van der Waals surface area contributed by atoms with Crippen LogP contribution in [0.1, 0.15) is 42.2 Å². The van der Waals surface area contributed by atoms with Gasteiger partial charge >= 0.3 is 0 Å². The van der Waals surface area contributed by atoms with E-state index in [0.717, 1.165) is 5.01 Å². The van der Waals surface area contributed by atoms with Crippen LogP contribution in [0.3, 0.4) is 0 Å². The minimum absolute atomic E-state index is 0. The number of hydrogen-bond acceptors (Lipinski definition) is 6. The van der Waals surface area contributed by atoms with E-state index in [9.17, 15) is 4.79 Å². The normalized spacial score (nSPS) is 11.3. The minimum atomic E-state index is -0.264. The average Bonchev–Trinajstić information content (AvgIpc) is 3.12. The Bertz CT molecular complexity index is 866. The number of thiazole rings is 1. The van der Waals surface area contributed by atoms with Crippen molar-refractivity contribution in [2.75, 3.05) is 5.32 Å². The first-order valence-electron chi connectivity index (χ1n) is 7.24. The molecule has 8 heteroatoms. The largest absolute Gasteiger partial charge is 0.440 e. The minimum Gasteiger partial charge on any atom is -0.440 e. The lowest BCUT2D eigenvalue weighted by atomic mass is 9.97. The molecule has 0 saturated carbocycles. The van der Waals surface area contributed by atoms with Gasteiger partial charge in [0.1, 0.15) is 16.2 Å². The number of hydrogen-bond donors (Lipinski definition) is 2. The van der Waals surface area contributed by atoms with Crippen LogP contribution in [0, 0.1) is 0 Å². The summed E-state index contributed by atoms with van der Waals surface area (Å²) in [6.07, 6.45) is 0. The van der Waals surface area contributed by atoms with E-state index >= 15 is 0 Å². The molecule has 0 atom stereocenters. The molecule has 0 aliphatic rings. The number of amides is 1. The molecule has 2 aromatic heterocycles. The Labute approximate surface area is 149 Å². The molecule has 128 valence electrons. The Morgan fingerprint density at radius 3 is 2.71 bits per heavy atom. The summed E-state index contributed by atoms with van der Waals surface area (Å²) < 4.78 is 5.75. The van der Waals surface area contributed by atoms with Gasteiger partial charge in [-0.05, 0) is 18.2 Å². The zero-order valence-electron chi connectivity index (χ0n) is 13.6. The second-order valence-corrected chi connectivity index (χ2v) is 7.18. The standard InChI is InChI=1S/C16H18N4O2S.ClH/c1-16(2,3)15-20-10-6-9(4-5-12(10)22-15)18-14(21)11-8-23-13(7-17)19-11;/h4-6,8H,7,17H2,1-3H3,(H,18,21);1H. The Balaban J connectivity index is 0.00000208. The molecule has 0 aliphatic heterocycles. The van der Waals surface area contributed by atoms with Crippen molar-refractivity contribution >= 4 is 46.4 Å². The number of nitrogens with zero attached hydrogens (tertiary/aromatic N) is 2. The Hall–Kier alpha value is -1.96. The van der Waals surface area contributed by atoms with Crippen molar-refractivity contribution < 1.29 is 9.21 Å². The fourth-order valence-corrected chi connectivity index (χ4v) is 2.68. The highest BCUT2D eigenvalue weighted by atomic mass is 35.5. The fraction of sp³-hybridized carbons (Fsp3) is 0.312. The van der Waals surface area contributed by atoms with Crippen molar-refractivity contribution in [1.29, 1.82) is 0 Å². The molecule has 3 aromatic rings. The second kappa shape index (κ2) is 6.88. The first-order valence-corrected chi connectivity index (χ1v) is 8.11. The number of carbonyl (C=O) groups excluding carboxylic acids is 1. The van der Waals surface area contributed by atoms with E-state index in [1.807, 2.05) is 20.8 Å². The third kappa shape index (κ3) is 3.75. The van der Waals surface area contributed by atoms with E-state index in [1.165, 1.54) is 11.3 Å². The Kier molecular flexibility index (Phi) is 5.27. The van der Waals surface area contributed by atoms with Crippen LogP contribution in [0.2, 0.25) is 0 Å². The van der Waals surface area contributed by atoms with E-state index in [2.05, 4.69) is 15.3 Å². The number of benzene rings is 1. The summed E-state index contributed by atoms with van der Waals surface area (Å²) in [5.41, 5.74) is 7.78. The number of aromatic nitrogens is 2. The second-order valence-electron chi connectivity index (χ2n) is 6.24. The SMILES string of the molecule is CC(C)(C)c1nc2cc(NC(=O)c3csc(CN)n3)ccc2o1.Cl. The molecule has 2 heterocycles. The maximum Gasteiger partial charge on any atom is 0.275 e. The van der Waals surface area contributed by atoms with Gasteiger partial charge in [-0.15, -0.1) is 23.7 Å². The van der Waals surface area contributed by atoms with Crippen molar-refractivity contribution in [3.63, 3.8) is 0 Å². The molecule has 0 fully saturated rings. The van der Waals surface area contributed by atoms with Gasteiger partial charge in [0.2, 0.25) is 5.89 Å². The summed E-state index contributed by atoms with van der Waals surface area (Å²) in [5.74, 6) is 0.405. The molecular formula is C16H19ClN4O2S. The van der Waals surface area contributed by atoms with E-state index in [4.69, 9.17) is 10.2 Å². The number of rotatable bonds is 3. The lowest BCUT2D eigenvalue weighted by molar-refractivity contribution is 0.102. The molecule has 0 bridgehead atoms. The highest BCUT2D eigenvalue weighted by Gasteiger charge is 2.21. The van der Waals surface area contributed by atoms with Crippen LogP contribution >= 0.6 is 23.7 Å². The quantitative estimate of drug-likeness (QED) is 0.736. The number of nitrogens with one attached hydrogen (secondary N) is 1. The van der Waals surface area contributed by atoms with Crippen molar-refractivity contribution in [2.24, 2.45) is 5.73 Å². The van der Waals surface area contributed by atoms with Crippen LogP contribution in [0.15, 0.2) is 28.0 Å². The summed E-state index contributed by atoms with van der Waals surface area (Å²) in [5, 5.41) is 5.25. The predicted octanol–water partition coefficient (Wildman–Crippen LogP) is 3.71. The molecule has 1 aromatic carbocycles. The first-order chi connectivity index (χ1) is 10.9. The average molecular weight is 367 g/mol. The van der Waals surface area contributed by atoms with Gasteiger partial charge < -0.3 is 15.5 Å². The van der Waals surface area contributed by atoms with Crippen LogP contribution in [-0.4, -0.2) is 15.9 Å². The number of oxazole rings is 1. The van der Waals surface area contributed by atoms with Crippen molar-refractivity contribution in [1.82, 2.24) is 9.97 Å². The fourth-order valence-electron chi connectivity index (χ4n) is 2.03. The van der Waals surface area contributed by atoms with Crippen LogP contribution in [0.4, 0.5) is 5.69 Å². The van der Waals surface area contributed by atoms with E-state index < -0.39 is 0 Å². The van der Waals surface area contributed by atoms with Gasteiger partial charge in [-0.3, -0.25) is 4.79 Å². The van der Waals surface area contributed by atoms with Crippen LogP contribution in [0.5, 0.6) is 0 Å². The Morgan fingerprint density at radius 2 is 2.08 bits per heavy atom. The van der Waals surface area contributed by atoms with Crippen molar-refractivity contribution in [2.45, 2.75) is 32.7 Å². The predicted molar refractivity (Wildman–Crippen MR) is 97.9 cm³/mol. The smallest absolute Gasteiger partial charge is 0.275 e. The maximum absolute atomic E-state index is 12.2. The molecular weight excluding hydrogens is 348 g/mol. The number of halogens is 1. The molecule has 3 N–H and O–H groups in total. The lowest BCUT2D eigenvalue weighted by Gasteiger charge is -2.11. The van der Waals surface area contributed by atoms with Gasteiger partial charge in [0, 0.05) is 23.0 Å². The molecule has 0 aliphatic carbocycles. The number of fused-ring (bicyclic) bond motifs is 1. The van der Waals surface area contributed by atoms with Gasteiger partial charge in [-0.25, -0.2) is 9.97 Å². The van der Waals surface area contributed by atoms with Crippen LogP contribution < -0.4 is 11.1 Å². The number of anilines is 1. The molecule has 6 nitrogen and oxygen atoms in total. The molecule has 0 spiro atoms. The molecule has 1 amide bonds. The molecule has 24 heavy (non-hydrogen) atoms. The summed E-state index contributed by atoms with van der Waals surface area (Å²) in [7, 11) is 0. The zero-order valence-corrected chi connectivity index (χ0v) is 15.3. The maximum atomic E-state index is 12.2. The molecule has 3 rings (SSSR count). The van der Waals surface area contributed by atoms with Gasteiger partial charge in [0.15, 0.2) is 5.58 Å². The van der Waals surface area contributed by atoms with E-state index in [0.29, 0.717) is 34.9 Å². The summed E-state index contributed by atoms with van der Waals surface area (Å²) in [6.45, 7) is 6.45. The summed E-state index contributed by atoms with van der Waals surface area (Å²) >= 11 is 1.37. The Morgan fingerprint density at radius 1 is 1.33 bits per heavy atom. The summed E-state index contributed by atoms with van der Waals surface area (Å²) in [4.78, 5) is 20.9. The number of nitrogens with two attached hydrogens (primary N) is 1. The lowest BCUT2D eigenvalue weighted by Crippen LogP contribution is -2.12. The highest BCUT2D eigenvalue weighted by molar-refractivity contribution is 7.09. The third-order valence-electron chi connectivity index (χ3n) is 3.25. The van der Waals surface area contributed by atoms with E-state index in [1.54, 1.807) is 23.6 Å². The van der Waals surface area contributed by atoms with Crippen molar-refractivity contribution in [3.8, 4) is 0 Å². The van der Waals surface area contributed by atoms with Gasteiger partial charge in [0.05, 0.1) is 0 Å². The van der Waals surface area contributed by atoms with Gasteiger partial charge in [-0.2, -0.15) is 0 Å². The van der Waals surface area contributed by atoms with E-state index in [-0.39, 0.29) is 23.7 Å². The first kappa shape index (κ1) is 18.4. The van der Waals surface area contributed by atoms with Gasteiger partial charge in [-0.1, -0.05) is 20.8 Å². The molecule has 0 radical (unpaired) electrons.